The monoisotopic (exact) mass is 406 g/mol. The van der Waals surface area contributed by atoms with E-state index >= 15 is 0 Å². The molecule has 0 aliphatic heterocycles. The van der Waals surface area contributed by atoms with Gasteiger partial charge in [0.1, 0.15) is 17.5 Å². The molecule has 0 unspecified atom stereocenters. The zero-order valence-electron chi connectivity index (χ0n) is 15.3. The molecule has 0 spiro atoms. The molecule has 0 atom stereocenters. The number of halogens is 3. The zero-order chi connectivity index (χ0) is 21.1. The molecule has 2 heterocycles. The van der Waals surface area contributed by atoms with Crippen molar-refractivity contribution in [2.45, 2.75) is 0 Å². The Morgan fingerprint density at radius 3 is 2.13 bits per heavy atom. The normalized spacial score (nSPS) is 10.6. The molecule has 2 aromatic heterocycles. The molecule has 0 radical (unpaired) electrons. The van der Waals surface area contributed by atoms with Crippen molar-refractivity contribution in [3.8, 4) is 22.6 Å². The van der Waals surface area contributed by atoms with Crippen molar-refractivity contribution < 1.29 is 18.0 Å². The lowest BCUT2D eigenvalue weighted by Crippen LogP contribution is -2.15. The summed E-state index contributed by atoms with van der Waals surface area (Å²) in [4.78, 5) is 25.5. The summed E-state index contributed by atoms with van der Waals surface area (Å²) in [6, 6.07) is 11.6. The van der Waals surface area contributed by atoms with E-state index in [1.165, 1.54) is 30.5 Å². The van der Waals surface area contributed by atoms with Crippen molar-refractivity contribution >= 4 is 11.6 Å². The lowest BCUT2D eigenvalue weighted by molar-refractivity contribution is 0.102. The summed E-state index contributed by atoms with van der Waals surface area (Å²) >= 11 is 0. The van der Waals surface area contributed by atoms with E-state index in [1.54, 1.807) is 24.5 Å². The van der Waals surface area contributed by atoms with Crippen molar-refractivity contribution in [3.63, 3.8) is 0 Å². The summed E-state index contributed by atoms with van der Waals surface area (Å²) in [5, 5.41) is 2.45. The van der Waals surface area contributed by atoms with Gasteiger partial charge < -0.3 is 5.32 Å². The maximum Gasteiger partial charge on any atom is 0.259 e. The highest BCUT2D eigenvalue weighted by Crippen LogP contribution is 2.25. The van der Waals surface area contributed by atoms with Crippen LogP contribution >= 0.6 is 0 Å². The number of aromatic nitrogens is 3. The number of carbonyl (C=O) groups excluding carboxylic acids is 1. The second-order valence-corrected chi connectivity index (χ2v) is 6.31. The first kappa shape index (κ1) is 19.3. The van der Waals surface area contributed by atoms with Gasteiger partial charge in [-0.15, -0.1) is 0 Å². The van der Waals surface area contributed by atoms with E-state index in [4.69, 9.17) is 0 Å². The smallest absolute Gasteiger partial charge is 0.259 e. The Hall–Kier alpha value is -4.07. The van der Waals surface area contributed by atoms with E-state index < -0.39 is 23.4 Å². The van der Waals surface area contributed by atoms with Gasteiger partial charge >= 0.3 is 0 Å². The van der Waals surface area contributed by atoms with E-state index in [2.05, 4.69) is 20.3 Å². The number of hydrogen-bond donors (Lipinski definition) is 1. The molecule has 0 aliphatic rings. The second kappa shape index (κ2) is 8.12. The fourth-order valence-electron chi connectivity index (χ4n) is 2.84. The predicted molar refractivity (Wildman–Crippen MR) is 105 cm³/mol. The summed E-state index contributed by atoms with van der Waals surface area (Å²) in [5.41, 5.74) is 1.50. The number of benzene rings is 2. The highest BCUT2D eigenvalue weighted by Gasteiger charge is 2.18. The number of nitrogens with zero attached hydrogens (tertiary/aromatic N) is 3. The molecule has 4 rings (SSSR count). The Morgan fingerprint density at radius 2 is 1.47 bits per heavy atom. The van der Waals surface area contributed by atoms with Crippen molar-refractivity contribution in [1.29, 1.82) is 0 Å². The number of amides is 1. The topological polar surface area (TPSA) is 67.8 Å². The van der Waals surface area contributed by atoms with Crippen LogP contribution in [0.3, 0.4) is 0 Å². The third kappa shape index (κ3) is 4.17. The van der Waals surface area contributed by atoms with E-state index in [1.807, 2.05) is 0 Å². The lowest BCUT2D eigenvalue weighted by Gasteiger charge is -2.11. The summed E-state index contributed by atoms with van der Waals surface area (Å²) in [5.74, 6) is -2.39. The Kier molecular flexibility index (Phi) is 5.21. The van der Waals surface area contributed by atoms with Crippen molar-refractivity contribution in [3.05, 3.63) is 96.2 Å². The van der Waals surface area contributed by atoms with Crippen LogP contribution in [0, 0.1) is 17.5 Å². The van der Waals surface area contributed by atoms with E-state index in [9.17, 15) is 18.0 Å². The highest BCUT2D eigenvalue weighted by atomic mass is 19.1. The van der Waals surface area contributed by atoms with Gasteiger partial charge in [0.25, 0.3) is 5.91 Å². The minimum Gasteiger partial charge on any atom is -0.322 e. The van der Waals surface area contributed by atoms with Crippen LogP contribution in [0.5, 0.6) is 0 Å². The Morgan fingerprint density at radius 1 is 0.800 bits per heavy atom. The Balaban J connectivity index is 1.76. The molecule has 5 nitrogen and oxygen atoms in total. The minimum atomic E-state index is -0.817. The number of anilines is 1. The second-order valence-electron chi connectivity index (χ2n) is 6.31. The first-order chi connectivity index (χ1) is 14.5. The number of hydrogen-bond acceptors (Lipinski definition) is 4. The number of carbonyl (C=O) groups is 1. The van der Waals surface area contributed by atoms with Gasteiger partial charge in [-0.3, -0.25) is 9.78 Å². The molecular weight excluding hydrogens is 393 g/mol. The number of nitrogens with one attached hydrogen (secondary N) is 1. The summed E-state index contributed by atoms with van der Waals surface area (Å²) < 4.78 is 40.1. The van der Waals surface area contributed by atoms with E-state index in [-0.39, 0.29) is 17.1 Å². The van der Waals surface area contributed by atoms with Gasteiger partial charge in [-0.05, 0) is 48.5 Å². The minimum absolute atomic E-state index is 0.0409. The first-order valence-electron chi connectivity index (χ1n) is 8.80. The molecule has 0 saturated heterocycles. The molecule has 0 aliphatic carbocycles. The van der Waals surface area contributed by atoms with Crippen LogP contribution in [0.1, 0.15) is 10.4 Å². The lowest BCUT2D eigenvalue weighted by atomic mass is 10.1. The standard InChI is InChI=1S/C22H13F3N4O/c23-15-3-1-14(2-4-15)21-27-12-19(20(29-21)13-5-7-26-8-6-13)22(30)28-18-10-16(24)9-17(25)11-18/h1-12H,(H,28,30). The largest absolute Gasteiger partial charge is 0.322 e. The Bertz CT molecular complexity index is 1190. The van der Waals surface area contributed by atoms with Gasteiger partial charge in [-0.25, -0.2) is 23.1 Å². The molecule has 1 amide bonds. The van der Waals surface area contributed by atoms with Crippen molar-refractivity contribution in [1.82, 2.24) is 15.0 Å². The number of rotatable bonds is 4. The molecule has 8 heteroatoms. The third-order valence-corrected chi connectivity index (χ3v) is 4.21. The summed E-state index contributed by atoms with van der Waals surface area (Å²) in [7, 11) is 0. The highest BCUT2D eigenvalue weighted by molar-refractivity contribution is 6.08. The molecule has 30 heavy (non-hydrogen) atoms. The fraction of sp³-hybridized carbons (Fsp3) is 0. The first-order valence-corrected chi connectivity index (χ1v) is 8.80. The molecular formula is C22H13F3N4O. The summed E-state index contributed by atoms with van der Waals surface area (Å²) in [6.45, 7) is 0. The molecule has 2 aromatic carbocycles. The Labute approximate surface area is 169 Å². The quantitative estimate of drug-likeness (QED) is 0.525. The maximum absolute atomic E-state index is 13.4. The molecule has 1 N–H and O–H groups in total. The molecule has 4 aromatic rings. The van der Waals surface area contributed by atoms with Crippen LogP contribution in [0.4, 0.5) is 18.9 Å². The van der Waals surface area contributed by atoms with Crippen LogP contribution in [0.2, 0.25) is 0 Å². The van der Waals surface area contributed by atoms with Gasteiger partial charge in [0.2, 0.25) is 0 Å². The van der Waals surface area contributed by atoms with Gasteiger partial charge in [-0.1, -0.05) is 0 Å². The van der Waals surface area contributed by atoms with E-state index in [0.29, 0.717) is 22.9 Å². The average Bonchev–Trinajstić information content (AvgIpc) is 2.74. The van der Waals surface area contributed by atoms with Crippen molar-refractivity contribution in [2.24, 2.45) is 0 Å². The van der Waals surface area contributed by atoms with Gasteiger partial charge in [-0.2, -0.15) is 0 Å². The maximum atomic E-state index is 13.4. The van der Waals surface area contributed by atoms with Crippen LogP contribution in [-0.2, 0) is 0 Å². The summed E-state index contributed by atoms with van der Waals surface area (Å²) in [6.07, 6.45) is 4.39. The van der Waals surface area contributed by atoms with Crippen LogP contribution in [0.15, 0.2) is 73.2 Å². The molecule has 0 fully saturated rings. The molecule has 0 saturated carbocycles. The van der Waals surface area contributed by atoms with Crippen LogP contribution in [0.25, 0.3) is 22.6 Å². The van der Waals surface area contributed by atoms with Gasteiger partial charge in [0.05, 0.1) is 11.3 Å². The number of pyridine rings is 1. The molecule has 148 valence electrons. The van der Waals surface area contributed by atoms with Gasteiger partial charge in [0, 0.05) is 41.5 Å². The molecule has 0 bridgehead atoms. The van der Waals surface area contributed by atoms with Crippen molar-refractivity contribution in [2.75, 3.05) is 5.32 Å². The zero-order valence-corrected chi connectivity index (χ0v) is 15.3. The van der Waals surface area contributed by atoms with Crippen LogP contribution < -0.4 is 5.32 Å². The predicted octanol–water partition coefficient (Wildman–Crippen LogP) is 4.88. The van der Waals surface area contributed by atoms with E-state index in [0.717, 1.165) is 12.1 Å². The van der Waals surface area contributed by atoms with Crippen LogP contribution in [-0.4, -0.2) is 20.9 Å². The SMILES string of the molecule is O=C(Nc1cc(F)cc(F)c1)c1cnc(-c2ccc(F)cc2)nc1-c1ccncc1. The fourth-order valence-corrected chi connectivity index (χ4v) is 2.84. The third-order valence-electron chi connectivity index (χ3n) is 4.21. The van der Waals surface area contributed by atoms with Gasteiger partial charge in [0.15, 0.2) is 5.82 Å². The average molecular weight is 406 g/mol.